The van der Waals surface area contributed by atoms with Gasteiger partial charge in [0.2, 0.25) is 5.91 Å². The molecule has 1 saturated heterocycles. The number of hydrogen-bond donors (Lipinski definition) is 4. The van der Waals surface area contributed by atoms with Crippen LogP contribution in [0.25, 0.3) is 0 Å². The van der Waals surface area contributed by atoms with Gasteiger partial charge in [-0.05, 0) is 43.2 Å². The van der Waals surface area contributed by atoms with E-state index in [-0.39, 0.29) is 30.4 Å². The number of fused-ring (bicyclic) bond motifs is 1. The van der Waals surface area contributed by atoms with Crippen LogP contribution in [-0.2, 0) is 22.4 Å². The molecule has 0 spiro atoms. The first kappa shape index (κ1) is 22.7. The summed E-state index contributed by atoms with van der Waals surface area (Å²) in [4.78, 5) is 26.8. The maximum absolute atomic E-state index is 12.6. The lowest BCUT2D eigenvalue weighted by Crippen LogP contribution is -2.43. The van der Waals surface area contributed by atoms with Crippen molar-refractivity contribution >= 4 is 11.8 Å². The number of hydrogen-bond acceptors (Lipinski definition) is 5. The summed E-state index contributed by atoms with van der Waals surface area (Å²) in [6, 6.07) is 8.73. The summed E-state index contributed by atoms with van der Waals surface area (Å²) in [5.74, 6) is -0.515. The molecule has 1 aromatic rings. The number of aliphatic hydroxyl groups excluding tert-OH is 2. The predicted molar refractivity (Wildman–Crippen MR) is 122 cm³/mol. The molecule has 1 heterocycles. The topological polar surface area (TPSA) is 102 Å². The predicted octanol–water partition coefficient (Wildman–Crippen LogP) is 0.706. The molecule has 32 heavy (non-hydrogen) atoms. The molecule has 1 unspecified atom stereocenters. The lowest BCUT2D eigenvalue weighted by Gasteiger charge is -2.30. The second-order valence-electron chi connectivity index (χ2n) is 9.07. The molecule has 1 aliphatic heterocycles. The molecule has 7 heteroatoms. The highest BCUT2D eigenvalue weighted by atomic mass is 16.3. The number of benzene rings is 1. The fraction of sp³-hybridized carbons (Fsp3) is 0.520. The van der Waals surface area contributed by atoms with Crippen molar-refractivity contribution in [2.75, 3.05) is 26.2 Å². The highest BCUT2D eigenvalue weighted by Gasteiger charge is 2.26. The van der Waals surface area contributed by atoms with Crippen LogP contribution < -0.4 is 10.6 Å². The van der Waals surface area contributed by atoms with Crippen LogP contribution in [0.3, 0.4) is 0 Å². The van der Waals surface area contributed by atoms with Crippen molar-refractivity contribution in [3.05, 3.63) is 59.2 Å². The van der Waals surface area contributed by atoms with Crippen molar-refractivity contribution in [1.29, 1.82) is 0 Å². The summed E-state index contributed by atoms with van der Waals surface area (Å²) in [5.41, 5.74) is 3.33. The minimum atomic E-state index is -0.655. The van der Waals surface area contributed by atoms with Crippen LogP contribution in [-0.4, -0.2) is 71.4 Å². The zero-order valence-electron chi connectivity index (χ0n) is 18.4. The molecule has 3 aliphatic rings. The van der Waals surface area contributed by atoms with Crippen molar-refractivity contribution in [1.82, 2.24) is 15.5 Å². The van der Waals surface area contributed by atoms with E-state index in [1.807, 2.05) is 6.08 Å². The largest absolute Gasteiger partial charge is 0.393 e. The third-order valence-corrected chi connectivity index (χ3v) is 6.64. The van der Waals surface area contributed by atoms with Gasteiger partial charge < -0.3 is 25.7 Å². The van der Waals surface area contributed by atoms with Crippen LogP contribution in [0.15, 0.2) is 48.1 Å². The number of nitrogens with zero attached hydrogens (tertiary/aromatic N) is 1. The second kappa shape index (κ2) is 10.4. The highest BCUT2D eigenvalue weighted by molar-refractivity contribution is 5.97. The maximum atomic E-state index is 12.6. The fourth-order valence-corrected chi connectivity index (χ4v) is 4.65. The first-order valence-electron chi connectivity index (χ1n) is 11.6. The van der Waals surface area contributed by atoms with Gasteiger partial charge in [-0.2, -0.15) is 0 Å². The third-order valence-electron chi connectivity index (χ3n) is 6.64. The number of nitrogens with one attached hydrogen (secondary N) is 2. The van der Waals surface area contributed by atoms with Gasteiger partial charge in [-0.3, -0.25) is 9.59 Å². The smallest absolute Gasteiger partial charge is 0.253 e. The van der Waals surface area contributed by atoms with Gasteiger partial charge in [0.1, 0.15) is 0 Å². The number of aliphatic hydroxyl groups is 2. The number of carbonyl (C=O) groups is 2. The Morgan fingerprint density at radius 1 is 1.09 bits per heavy atom. The Hall–Kier alpha value is -2.48. The first-order chi connectivity index (χ1) is 15.5. The van der Waals surface area contributed by atoms with Gasteiger partial charge in [-0.15, -0.1) is 0 Å². The van der Waals surface area contributed by atoms with Gasteiger partial charge in [0.25, 0.3) is 5.91 Å². The molecular weight excluding hydrogens is 406 g/mol. The second-order valence-corrected chi connectivity index (χ2v) is 9.07. The summed E-state index contributed by atoms with van der Waals surface area (Å²) in [6.45, 7) is 1.76. The Kier molecular flexibility index (Phi) is 7.40. The Labute approximate surface area is 189 Å². The number of likely N-dealkylation sites (tertiary alicyclic amines) is 1. The molecule has 7 nitrogen and oxygen atoms in total. The van der Waals surface area contributed by atoms with E-state index in [9.17, 15) is 19.8 Å². The molecule has 0 bridgehead atoms. The van der Waals surface area contributed by atoms with Crippen molar-refractivity contribution in [3.8, 4) is 0 Å². The van der Waals surface area contributed by atoms with Gasteiger partial charge >= 0.3 is 0 Å². The summed E-state index contributed by atoms with van der Waals surface area (Å²) in [6.07, 6.45) is 7.94. The van der Waals surface area contributed by atoms with Gasteiger partial charge in [-0.25, -0.2) is 0 Å². The Bertz CT molecular complexity index is 864. The third kappa shape index (κ3) is 5.65. The molecule has 4 rings (SSSR count). The number of carbonyl (C=O) groups excluding carboxylic acids is 2. The number of piperidine rings is 1. The Morgan fingerprint density at radius 3 is 2.41 bits per heavy atom. The number of amides is 2. The van der Waals surface area contributed by atoms with E-state index in [0.29, 0.717) is 50.5 Å². The number of rotatable bonds is 7. The van der Waals surface area contributed by atoms with E-state index in [0.717, 1.165) is 12.8 Å². The first-order valence-corrected chi connectivity index (χ1v) is 11.6. The monoisotopic (exact) mass is 439 g/mol. The summed E-state index contributed by atoms with van der Waals surface area (Å²) in [7, 11) is 0. The van der Waals surface area contributed by atoms with Crippen LogP contribution in [0.2, 0.25) is 0 Å². The van der Waals surface area contributed by atoms with Gasteiger partial charge in [0.05, 0.1) is 18.1 Å². The van der Waals surface area contributed by atoms with E-state index >= 15 is 0 Å². The molecule has 1 aromatic carbocycles. The van der Waals surface area contributed by atoms with Crippen LogP contribution in [0.4, 0.5) is 0 Å². The van der Waals surface area contributed by atoms with E-state index < -0.39 is 6.10 Å². The van der Waals surface area contributed by atoms with E-state index in [4.69, 9.17) is 0 Å². The summed E-state index contributed by atoms with van der Waals surface area (Å²) in [5, 5.41) is 26.1. The quantitative estimate of drug-likeness (QED) is 0.501. The zero-order valence-corrected chi connectivity index (χ0v) is 18.4. The molecular formula is C25H33N3O4. The van der Waals surface area contributed by atoms with E-state index in [1.165, 1.54) is 11.1 Å². The normalized spacial score (nSPS) is 22.4. The van der Waals surface area contributed by atoms with Crippen LogP contribution in [0, 0.1) is 5.92 Å². The SMILES string of the molecule is O=C(NC[C@@H](O)CNC1Cc2ccccc2C1)C1C=CC(C(=O)N2CCC(O)CC2)=CC1. The van der Waals surface area contributed by atoms with Crippen molar-refractivity contribution in [3.63, 3.8) is 0 Å². The Morgan fingerprint density at radius 2 is 1.78 bits per heavy atom. The van der Waals surface area contributed by atoms with Crippen LogP contribution >= 0.6 is 0 Å². The molecule has 0 saturated carbocycles. The van der Waals surface area contributed by atoms with Crippen molar-refractivity contribution in [2.24, 2.45) is 5.92 Å². The van der Waals surface area contributed by atoms with Gasteiger partial charge in [-0.1, -0.05) is 42.5 Å². The molecule has 2 aliphatic carbocycles. The minimum absolute atomic E-state index is 0.0393. The highest BCUT2D eigenvalue weighted by Crippen LogP contribution is 2.22. The standard InChI is InChI=1S/C25H33N3O4/c29-22-9-11-28(12-10-22)25(32)18-7-5-17(6-8-18)24(31)27-16-23(30)15-26-21-13-19-3-1-2-4-20(19)14-21/h1-5,7-8,17,21-23,26,29-30H,6,9-16H2,(H,27,31)/t17?,23-/m0/s1. The Balaban J connectivity index is 1.15. The van der Waals surface area contributed by atoms with Gasteiger partial charge in [0.15, 0.2) is 0 Å². The lowest BCUT2D eigenvalue weighted by atomic mass is 9.94. The van der Waals surface area contributed by atoms with E-state index in [1.54, 1.807) is 17.1 Å². The molecule has 0 aromatic heterocycles. The number of allylic oxidation sites excluding steroid dienone is 1. The lowest BCUT2D eigenvalue weighted by molar-refractivity contribution is -0.129. The fourth-order valence-electron chi connectivity index (χ4n) is 4.65. The van der Waals surface area contributed by atoms with Crippen molar-refractivity contribution in [2.45, 2.75) is 50.4 Å². The molecule has 2 amide bonds. The van der Waals surface area contributed by atoms with Crippen LogP contribution in [0.5, 0.6) is 0 Å². The summed E-state index contributed by atoms with van der Waals surface area (Å²) >= 11 is 0. The molecule has 0 radical (unpaired) electrons. The minimum Gasteiger partial charge on any atom is -0.393 e. The zero-order chi connectivity index (χ0) is 22.5. The molecule has 2 atom stereocenters. The molecule has 1 fully saturated rings. The molecule has 4 N–H and O–H groups in total. The van der Waals surface area contributed by atoms with E-state index in [2.05, 4.69) is 34.9 Å². The molecule has 172 valence electrons. The average Bonchev–Trinajstić information content (AvgIpc) is 3.24. The maximum Gasteiger partial charge on any atom is 0.253 e. The average molecular weight is 440 g/mol. The van der Waals surface area contributed by atoms with Crippen molar-refractivity contribution < 1.29 is 19.8 Å². The van der Waals surface area contributed by atoms with Crippen LogP contribution in [0.1, 0.15) is 30.4 Å². The van der Waals surface area contributed by atoms with Gasteiger partial charge in [0, 0.05) is 37.8 Å². The summed E-state index contributed by atoms with van der Waals surface area (Å²) < 4.78 is 0.